The van der Waals surface area contributed by atoms with Crippen LogP contribution < -0.4 is 10.6 Å². The van der Waals surface area contributed by atoms with Gasteiger partial charge in [-0.15, -0.1) is 0 Å². The molecule has 3 heterocycles. The molecule has 1 aromatic heterocycles. The standard InChI is InChI=1S/C28H30N4OS/c33-28-29-23-10-3-4-11-24(23)32(28)15-7-14-30-16-18-31(19-17-30)25-20-21-8-1-5-12-26(21)34-27-13-6-2-9-22(25)27/h1-6,8-13,25H,7,14-20H2,(H,29,33)/p+1. The minimum atomic E-state index is 0.00574. The fourth-order valence-electron chi connectivity index (χ4n) is 5.60. The fourth-order valence-corrected chi connectivity index (χ4v) is 6.74. The zero-order valence-electron chi connectivity index (χ0n) is 19.4. The Bertz CT molecular complexity index is 1350. The Morgan fingerprint density at radius 2 is 1.65 bits per heavy atom. The number of quaternary nitrogens is 1. The van der Waals surface area contributed by atoms with Crippen LogP contribution in [0.25, 0.3) is 11.0 Å². The molecular weight excluding hydrogens is 440 g/mol. The van der Waals surface area contributed by atoms with Crippen LogP contribution in [0.4, 0.5) is 0 Å². The van der Waals surface area contributed by atoms with Gasteiger partial charge in [0.05, 0.1) is 30.7 Å². The minimum absolute atomic E-state index is 0.00574. The quantitative estimate of drug-likeness (QED) is 0.469. The molecule has 2 aliphatic heterocycles. The van der Waals surface area contributed by atoms with Crippen LogP contribution in [-0.4, -0.2) is 47.2 Å². The van der Waals surface area contributed by atoms with Crippen molar-refractivity contribution in [2.75, 3.05) is 32.7 Å². The molecule has 0 radical (unpaired) electrons. The molecule has 1 fully saturated rings. The van der Waals surface area contributed by atoms with Crippen molar-refractivity contribution < 1.29 is 4.90 Å². The summed E-state index contributed by atoms with van der Waals surface area (Å²) in [5.41, 5.74) is 4.89. The molecular formula is C28H31N4OS+. The van der Waals surface area contributed by atoms with Crippen LogP contribution in [0.1, 0.15) is 23.6 Å². The third kappa shape index (κ3) is 4.22. The van der Waals surface area contributed by atoms with E-state index in [4.69, 9.17) is 0 Å². The summed E-state index contributed by atoms with van der Waals surface area (Å²) in [5, 5.41) is 0. The molecule has 174 valence electrons. The highest BCUT2D eigenvalue weighted by Crippen LogP contribution is 2.42. The second-order valence-corrected chi connectivity index (χ2v) is 10.5. The molecule has 0 spiro atoms. The summed E-state index contributed by atoms with van der Waals surface area (Å²) in [7, 11) is 0. The molecule has 0 aliphatic carbocycles. The van der Waals surface area contributed by atoms with Gasteiger partial charge in [0.2, 0.25) is 0 Å². The first-order chi connectivity index (χ1) is 16.8. The van der Waals surface area contributed by atoms with Crippen molar-refractivity contribution in [3.8, 4) is 0 Å². The van der Waals surface area contributed by atoms with Crippen molar-refractivity contribution in [2.24, 2.45) is 0 Å². The molecule has 0 amide bonds. The number of aromatic amines is 1. The van der Waals surface area contributed by atoms with E-state index in [-0.39, 0.29) is 5.69 Å². The molecule has 6 rings (SSSR count). The number of fused-ring (bicyclic) bond motifs is 3. The summed E-state index contributed by atoms with van der Waals surface area (Å²) in [4.78, 5) is 22.5. The Balaban J connectivity index is 1.10. The molecule has 1 atom stereocenters. The summed E-state index contributed by atoms with van der Waals surface area (Å²) in [6.45, 7) is 6.45. The van der Waals surface area contributed by atoms with Gasteiger partial charge in [0, 0.05) is 41.9 Å². The Morgan fingerprint density at radius 3 is 2.53 bits per heavy atom. The topological polar surface area (TPSA) is 45.5 Å². The van der Waals surface area contributed by atoms with Crippen LogP contribution in [0.2, 0.25) is 0 Å². The smallest absolute Gasteiger partial charge is 0.326 e. The van der Waals surface area contributed by atoms with Crippen molar-refractivity contribution in [3.63, 3.8) is 0 Å². The van der Waals surface area contributed by atoms with Crippen LogP contribution in [0.3, 0.4) is 0 Å². The number of hydrogen-bond acceptors (Lipinski definition) is 3. The minimum Gasteiger partial charge on any atom is -0.333 e. The van der Waals surface area contributed by atoms with Crippen LogP contribution in [0.5, 0.6) is 0 Å². The number of piperazine rings is 1. The molecule has 5 nitrogen and oxygen atoms in total. The van der Waals surface area contributed by atoms with Crippen molar-refractivity contribution in [1.29, 1.82) is 0 Å². The number of aromatic nitrogens is 2. The SMILES string of the molecule is O=c1[nH]c2ccccc2n1CCC[NH+]1CCN(C2Cc3ccccc3Sc3ccccc32)CC1. The van der Waals surface area contributed by atoms with Crippen LogP contribution in [0, 0.1) is 0 Å². The highest BCUT2D eigenvalue weighted by molar-refractivity contribution is 7.99. The lowest BCUT2D eigenvalue weighted by Gasteiger charge is -2.37. The molecule has 2 N–H and O–H groups in total. The fraction of sp³-hybridized carbons (Fsp3) is 0.321. The lowest BCUT2D eigenvalue weighted by Crippen LogP contribution is -3.14. The Morgan fingerprint density at radius 1 is 0.912 bits per heavy atom. The normalized spacial score (nSPS) is 19.0. The number of nitrogens with one attached hydrogen (secondary N) is 2. The van der Waals surface area contributed by atoms with Gasteiger partial charge < -0.3 is 9.88 Å². The molecule has 34 heavy (non-hydrogen) atoms. The zero-order chi connectivity index (χ0) is 22.9. The van der Waals surface area contributed by atoms with E-state index in [1.54, 1.807) is 4.90 Å². The number of hydrogen-bond donors (Lipinski definition) is 2. The van der Waals surface area contributed by atoms with E-state index in [0.717, 1.165) is 63.1 Å². The van der Waals surface area contributed by atoms with E-state index in [2.05, 4.69) is 58.4 Å². The predicted molar refractivity (Wildman–Crippen MR) is 138 cm³/mol. The van der Waals surface area contributed by atoms with E-state index >= 15 is 0 Å². The zero-order valence-corrected chi connectivity index (χ0v) is 20.2. The van der Waals surface area contributed by atoms with Crippen molar-refractivity contribution in [3.05, 3.63) is 94.4 Å². The second kappa shape index (κ2) is 9.45. The second-order valence-electron chi connectivity index (χ2n) is 9.46. The van der Waals surface area contributed by atoms with Gasteiger partial charge in [-0.25, -0.2) is 4.79 Å². The summed E-state index contributed by atoms with van der Waals surface area (Å²) < 4.78 is 1.89. The highest BCUT2D eigenvalue weighted by Gasteiger charge is 2.30. The monoisotopic (exact) mass is 471 g/mol. The van der Waals surface area contributed by atoms with Gasteiger partial charge in [0.15, 0.2) is 0 Å². The molecule has 1 unspecified atom stereocenters. The van der Waals surface area contributed by atoms with Gasteiger partial charge in [-0.2, -0.15) is 0 Å². The largest absolute Gasteiger partial charge is 0.333 e. The molecule has 2 aliphatic rings. The van der Waals surface area contributed by atoms with E-state index in [0.29, 0.717) is 6.04 Å². The Hall–Kier alpha value is -2.80. The van der Waals surface area contributed by atoms with E-state index in [9.17, 15) is 4.79 Å². The molecule has 0 saturated carbocycles. The maximum atomic E-state index is 12.3. The van der Waals surface area contributed by atoms with E-state index in [1.165, 1.54) is 20.9 Å². The lowest BCUT2D eigenvalue weighted by atomic mass is 9.96. The van der Waals surface area contributed by atoms with Crippen LogP contribution in [-0.2, 0) is 13.0 Å². The van der Waals surface area contributed by atoms with Crippen molar-refractivity contribution >= 4 is 22.8 Å². The number of nitrogens with zero attached hydrogens (tertiary/aromatic N) is 2. The Kier molecular flexibility index (Phi) is 6.04. The third-order valence-electron chi connectivity index (χ3n) is 7.42. The number of benzene rings is 3. The molecule has 0 bridgehead atoms. The maximum Gasteiger partial charge on any atom is 0.326 e. The lowest BCUT2D eigenvalue weighted by molar-refractivity contribution is -0.905. The summed E-state index contributed by atoms with van der Waals surface area (Å²) >= 11 is 1.92. The van der Waals surface area contributed by atoms with Crippen LogP contribution in [0.15, 0.2) is 87.4 Å². The third-order valence-corrected chi connectivity index (χ3v) is 8.63. The predicted octanol–water partition coefficient (Wildman–Crippen LogP) is 3.37. The first-order valence-electron chi connectivity index (χ1n) is 12.4. The van der Waals surface area contributed by atoms with Gasteiger partial charge in [-0.3, -0.25) is 9.47 Å². The van der Waals surface area contributed by atoms with Crippen LogP contribution >= 0.6 is 11.8 Å². The number of imidazole rings is 1. The average molecular weight is 472 g/mol. The number of aryl methyl sites for hydroxylation is 1. The van der Waals surface area contributed by atoms with Crippen molar-refractivity contribution in [1.82, 2.24) is 14.5 Å². The number of H-pyrrole nitrogens is 1. The average Bonchev–Trinajstić information content (AvgIpc) is 3.09. The van der Waals surface area contributed by atoms with E-state index in [1.807, 2.05) is 40.6 Å². The van der Waals surface area contributed by atoms with Gasteiger partial charge in [-0.05, 0) is 41.8 Å². The van der Waals surface area contributed by atoms with Gasteiger partial charge in [0.1, 0.15) is 0 Å². The number of para-hydroxylation sites is 2. The van der Waals surface area contributed by atoms with Gasteiger partial charge in [-0.1, -0.05) is 60.3 Å². The summed E-state index contributed by atoms with van der Waals surface area (Å²) in [5.74, 6) is 0. The van der Waals surface area contributed by atoms with Gasteiger partial charge >= 0.3 is 5.69 Å². The van der Waals surface area contributed by atoms with Gasteiger partial charge in [0.25, 0.3) is 0 Å². The first kappa shape index (κ1) is 21.7. The molecule has 6 heteroatoms. The molecule has 3 aromatic carbocycles. The van der Waals surface area contributed by atoms with E-state index < -0.39 is 0 Å². The highest BCUT2D eigenvalue weighted by atomic mass is 32.2. The maximum absolute atomic E-state index is 12.3. The first-order valence-corrected chi connectivity index (χ1v) is 13.2. The Labute approximate surface area is 204 Å². The number of rotatable bonds is 5. The summed E-state index contributed by atoms with van der Waals surface area (Å²) in [6, 6.07) is 26.3. The molecule has 1 saturated heterocycles. The van der Waals surface area contributed by atoms with Crippen molar-refractivity contribution in [2.45, 2.75) is 35.2 Å². The molecule has 4 aromatic rings. The summed E-state index contributed by atoms with van der Waals surface area (Å²) in [6.07, 6.45) is 2.10.